The largest absolute Gasteiger partial charge is 0.495 e. The molecular weight excluding hydrogens is 406 g/mol. The molecule has 1 N–H and O–H groups in total. The van der Waals surface area contributed by atoms with E-state index in [0.717, 1.165) is 43.2 Å². The van der Waals surface area contributed by atoms with E-state index in [0.29, 0.717) is 11.5 Å². The SMILES string of the molecule is COc1ccccc1N1CCN(c2ccc(=O)n(CC(=O)Nc3cccc(C)c3)n2)CC1. The number of piperazine rings is 1. The molecule has 0 spiro atoms. The van der Waals surface area contributed by atoms with Crippen LogP contribution in [0.3, 0.4) is 0 Å². The zero-order valence-corrected chi connectivity index (χ0v) is 18.3. The third-order valence-corrected chi connectivity index (χ3v) is 5.48. The normalized spacial score (nSPS) is 13.7. The number of aromatic nitrogens is 2. The number of para-hydroxylation sites is 2. The lowest BCUT2D eigenvalue weighted by Crippen LogP contribution is -2.47. The van der Waals surface area contributed by atoms with Crippen LogP contribution < -0.4 is 25.4 Å². The maximum absolute atomic E-state index is 12.5. The van der Waals surface area contributed by atoms with Crippen molar-refractivity contribution in [1.29, 1.82) is 0 Å². The van der Waals surface area contributed by atoms with Crippen molar-refractivity contribution < 1.29 is 9.53 Å². The Hall–Kier alpha value is -3.81. The summed E-state index contributed by atoms with van der Waals surface area (Å²) in [6.07, 6.45) is 0. The number of methoxy groups -OCH3 is 1. The fourth-order valence-electron chi connectivity index (χ4n) is 3.85. The van der Waals surface area contributed by atoms with Crippen molar-refractivity contribution >= 4 is 23.1 Å². The first-order valence-corrected chi connectivity index (χ1v) is 10.6. The van der Waals surface area contributed by atoms with E-state index in [1.54, 1.807) is 13.2 Å². The number of aryl methyl sites for hydroxylation is 1. The molecule has 2 heterocycles. The highest BCUT2D eigenvalue weighted by Crippen LogP contribution is 2.28. The number of rotatable bonds is 6. The van der Waals surface area contributed by atoms with Crippen molar-refractivity contribution in [3.63, 3.8) is 0 Å². The lowest BCUT2D eigenvalue weighted by molar-refractivity contribution is -0.117. The summed E-state index contributed by atoms with van der Waals surface area (Å²) in [6.45, 7) is 4.92. The number of benzene rings is 2. The molecule has 8 nitrogen and oxygen atoms in total. The smallest absolute Gasteiger partial charge is 0.267 e. The second-order valence-corrected chi connectivity index (χ2v) is 7.75. The zero-order chi connectivity index (χ0) is 22.5. The predicted octanol–water partition coefficient (Wildman–Crippen LogP) is 2.53. The summed E-state index contributed by atoms with van der Waals surface area (Å²) in [7, 11) is 1.68. The summed E-state index contributed by atoms with van der Waals surface area (Å²) in [5.41, 5.74) is 2.51. The maximum atomic E-state index is 12.5. The molecule has 1 amide bonds. The van der Waals surface area contributed by atoms with Crippen LogP contribution >= 0.6 is 0 Å². The Morgan fingerprint density at radius 1 is 1.00 bits per heavy atom. The van der Waals surface area contributed by atoms with Gasteiger partial charge in [0.15, 0.2) is 0 Å². The number of amides is 1. The quantitative estimate of drug-likeness (QED) is 0.644. The molecule has 1 fully saturated rings. The number of nitrogens with one attached hydrogen (secondary N) is 1. The highest BCUT2D eigenvalue weighted by atomic mass is 16.5. The van der Waals surface area contributed by atoms with Gasteiger partial charge < -0.3 is 19.9 Å². The summed E-state index contributed by atoms with van der Waals surface area (Å²) >= 11 is 0. The van der Waals surface area contributed by atoms with Crippen LogP contribution in [-0.4, -0.2) is 49.0 Å². The summed E-state index contributed by atoms with van der Waals surface area (Å²) < 4.78 is 6.70. The molecule has 166 valence electrons. The van der Waals surface area contributed by atoms with Crippen LogP contribution in [-0.2, 0) is 11.3 Å². The Morgan fingerprint density at radius 3 is 2.50 bits per heavy atom. The molecule has 0 bridgehead atoms. The van der Waals surface area contributed by atoms with Crippen LogP contribution in [0, 0.1) is 6.92 Å². The number of carbonyl (C=O) groups is 1. The van der Waals surface area contributed by atoms with Gasteiger partial charge >= 0.3 is 0 Å². The van der Waals surface area contributed by atoms with Crippen LogP contribution in [0.15, 0.2) is 65.5 Å². The molecule has 1 saturated heterocycles. The molecule has 4 rings (SSSR count). The highest BCUT2D eigenvalue weighted by molar-refractivity contribution is 5.90. The minimum atomic E-state index is -0.305. The van der Waals surface area contributed by atoms with Crippen LogP contribution in [0.1, 0.15) is 5.56 Å². The van der Waals surface area contributed by atoms with Crippen LogP contribution in [0.5, 0.6) is 5.75 Å². The monoisotopic (exact) mass is 433 g/mol. The number of carbonyl (C=O) groups excluding carboxylic acids is 1. The summed E-state index contributed by atoms with van der Waals surface area (Å²) in [4.78, 5) is 29.1. The van der Waals surface area contributed by atoms with Crippen molar-refractivity contribution in [2.45, 2.75) is 13.5 Å². The van der Waals surface area contributed by atoms with Gasteiger partial charge in [-0.2, -0.15) is 5.10 Å². The average Bonchev–Trinajstić information content (AvgIpc) is 2.80. The van der Waals surface area contributed by atoms with Crippen LogP contribution in [0.2, 0.25) is 0 Å². The van der Waals surface area contributed by atoms with Gasteiger partial charge in [-0.3, -0.25) is 9.59 Å². The van der Waals surface area contributed by atoms with Gasteiger partial charge in [0, 0.05) is 37.9 Å². The summed E-state index contributed by atoms with van der Waals surface area (Å²) in [6, 6.07) is 18.7. The van der Waals surface area contributed by atoms with Crippen LogP contribution in [0.25, 0.3) is 0 Å². The summed E-state index contributed by atoms with van der Waals surface area (Å²) in [5.74, 6) is 1.25. The molecule has 0 radical (unpaired) electrons. The lowest BCUT2D eigenvalue weighted by atomic mass is 10.2. The number of nitrogens with zero attached hydrogens (tertiary/aromatic N) is 4. The molecule has 1 aromatic heterocycles. The van der Waals surface area contributed by atoms with Crippen molar-refractivity contribution in [2.75, 3.05) is 48.4 Å². The molecule has 2 aromatic carbocycles. The zero-order valence-electron chi connectivity index (χ0n) is 18.3. The number of anilines is 3. The Kier molecular flexibility index (Phi) is 6.39. The number of hydrogen-bond donors (Lipinski definition) is 1. The van der Waals surface area contributed by atoms with Crippen molar-refractivity contribution in [1.82, 2.24) is 9.78 Å². The van der Waals surface area contributed by atoms with Crippen molar-refractivity contribution in [3.8, 4) is 5.75 Å². The standard InChI is InChI=1S/C24H27N5O3/c1-18-6-5-7-19(16-18)25-23(30)17-29-24(31)11-10-22(26-29)28-14-12-27(13-15-28)20-8-3-4-9-21(20)32-2/h3-11,16H,12-15,17H2,1-2H3,(H,25,30). The van der Waals surface area contributed by atoms with E-state index >= 15 is 0 Å². The molecule has 0 saturated carbocycles. The van der Waals surface area contributed by atoms with E-state index in [1.165, 1.54) is 10.7 Å². The second-order valence-electron chi connectivity index (χ2n) is 7.75. The minimum absolute atomic E-state index is 0.137. The third kappa shape index (κ3) is 4.91. The van der Waals surface area contributed by atoms with Gasteiger partial charge in [0.25, 0.3) is 5.56 Å². The van der Waals surface area contributed by atoms with E-state index < -0.39 is 0 Å². The Morgan fingerprint density at radius 2 is 1.75 bits per heavy atom. The average molecular weight is 434 g/mol. The highest BCUT2D eigenvalue weighted by Gasteiger charge is 2.21. The number of hydrogen-bond acceptors (Lipinski definition) is 6. The maximum Gasteiger partial charge on any atom is 0.267 e. The van der Waals surface area contributed by atoms with E-state index in [2.05, 4.69) is 26.3 Å². The molecule has 1 aliphatic heterocycles. The predicted molar refractivity (Wildman–Crippen MR) is 126 cm³/mol. The van der Waals surface area contributed by atoms with E-state index in [9.17, 15) is 9.59 Å². The van der Waals surface area contributed by atoms with Gasteiger partial charge in [-0.05, 0) is 42.8 Å². The first-order chi connectivity index (χ1) is 15.5. The molecule has 32 heavy (non-hydrogen) atoms. The molecular formula is C24H27N5O3. The van der Waals surface area contributed by atoms with Crippen molar-refractivity contribution in [3.05, 3.63) is 76.6 Å². The van der Waals surface area contributed by atoms with E-state index in [1.807, 2.05) is 49.4 Å². The fraction of sp³-hybridized carbons (Fsp3) is 0.292. The molecule has 1 aliphatic rings. The Labute approximate surface area is 187 Å². The van der Waals surface area contributed by atoms with Gasteiger partial charge in [-0.1, -0.05) is 24.3 Å². The molecule has 0 unspecified atom stereocenters. The van der Waals surface area contributed by atoms with E-state index in [4.69, 9.17) is 4.74 Å². The summed E-state index contributed by atoms with van der Waals surface area (Å²) in [5, 5.41) is 7.27. The van der Waals surface area contributed by atoms with Crippen molar-refractivity contribution in [2.24, 2.45) is 0 Å². The molecule has 0 aliphatic carbocycles. The topological polar surface area (TPSA) is 79.7 Å². The van der Waals surface area contributed by atoms with Gasteiger partial charge in [-0.15, -0.1) is 0 Å². The number of ether oxygens (including phenoxy) is 1. The Bertz CT molecular complexity index is 1150. The van der Waals surface area contributed by atoms with E-state index in [-0.39, 0.29) is 18.0 Å². The minimum Gasteiger partial charge on any atom is -0.495 e. The molecule has 3 aromatic rings. The fourth-order valence-corrected chi connectivity index (χ4v) is 3.85. The first-order valence-electron chi connectivity index (χ1n) is 10.6. The Balaban J connectivity index is 1.42. The lowest BCUT2D eigenvalue weighted by Gasteiger charge is -2.37. The van der Waals surface area contributed by atoms with Crippen LogP contribution in [0.4, 0.5) is 17.2 Å². The molecule has 8 heteroatoms. The second kappa shape index (κ2) is 9.55. The van der Waals surface area contributed by atoms with Gasteiger partial charge in [0.05, 0.1) is 12.8 Å². The van der Waals surface area contributed by atoms with Gasteiger partial charge in [0.1, 0.15) is 18.1 Å². The first kappa shape index (κ1) is 21.4. The molecule has 0 atom stereocenters. The van der Waals surface area contributed by atoms with Gasteiger partial charge in [0.2, 0.25) is 5.91 Å². The third-order valence-electron chi connectivity index (χ3n) is 5.48. The van der Waals surface area contributed by atoms with Gasteiger partial charge in [-0.25, -0.2) is 4.68 Å².